The second-order valence-electron chi connectivity index (χ2n) is 14.0. The summed E-state index contributed by atoms with van der Waals surface area (Å²) in [5.74, 6) is -2.61. The highest BCUT2D eigenvalue weighted by atomic mass is 31.2. The number of aliphatic hydroxyl groups excluding tert-OH is 1. The summed E-state index contributed by atoms with van der Waals surface area (Å²) in [6.07, 6.45) is 36.4. The molecule has 318 valence electrons. The topological polar surface area (TPSA) is 192 Å². The van der Waals surface area contributed by atoms with Crippen LogP contribution in [0, 0.1) is 0 Å². The number of nitrogens with two attached hydrogens (primary N) is 1. The van der Waals surface area contributed by atoms with E-state index >= 15 is 0 Å². The predicted octanol–water partition coefficient (Wildman–Crippen LogP) is 9.58. The molecule has 13 heteroatoms. The van der Waals surface area contributed by atoms with Crippen LogP contribution in [0.4, 0.5) is 0 Å². The molecule has 0 rings (SSSR count). The molecule has 0 radical (unpaired) electrons. The summed E-state index contributed by atoms with van der Waals surface area (Å²) < 4.78 is 32.5. The van der Waals surface area contributed by atoms with Gasteiger partial charge in [0.15, 0.2) is 6.10 Å². The van der Waals surface area contributed by atoms with Gasteiger partial charge in [0.05, 0.1) is 19.3 Å². The zero-order valence-corrected chi connectivity index (χ0v) is 34.8. The molecule has 0 aliphatic rings. The van der Waals surface area contributed by atoms with E-state index in [2.05, 4.69) is 42.7 Å². The number of carboxylic acids is 1. The van der Waals surface area contributed by atoms with Crippen molar-refractivity contribution in [3.05, 3.63) is 48.6 Å². The van der Waals surface area contributed by atoms with Gasteiger partial charge in [0.2, 0.25) is 0 Å². The number of rotatable bonds is 38. The quantitative estimate of drug-likeness (QED) is 0.0152. The predicted molar refractivity (Wildman–Crippen MR) is 218 cm³/mol. The van der Waals surface area contributed by atoms with Gasteiger partial charge in [-0.2, -0.15) is 0 Å². The van der Waals surface area contributed by atoms with E-state index in [1.165, 1.54) is 77.0 Å². The summed E-state index contributed by atoms with van der Waals surface area (Å²) in [6, 6.07) is -1.55. The number of unbranched alkanes of at least 4 members (excludes halogenated alkanes) is 15. The number of hydrogen-bond donors (Lipinski definition) is 4. The van der Waals surface area contributed by atoms with Gasteiger partial charge in [-0.15, -0.1) is 0 Å². The summed E-state index contributed by atoms with van der Waals surface area (Å²) >= 11 is 0. The van der Waals surface area contributed by atoms with Crippen LogP contribution < -0.4 is 5.73 Å². The van der Waals surface area contributed by atoms with Crippen LogP contribution in [0.1, 0.15) is 162 Å². The van der Waals surface area contributed by atoms with Crippen molar-refractivity contribution in [2.24, 2.45) is 5.73 Å². The number of carboxylic acid groups (broad SMARTS) is 1. The Balaban J connectivity index is 4.61. The molecule has 4 atom stereocenters. The van der Waals surface area contributed by atoms with Crippen molar-refractivity contribution in [1.82, 2.24) is 0 Å². The van der Waals surface area contributed by atoms with Crippen molar-refractivity contribution in [3.63, 3.8) is 0 Å². The molecule has 0 spiro atoms. The monoisotopic (exact) mass is 799 g/mol. The zero-order chi connectivity index (χ0) is 40.8. The maximum absolute atomic E-state index is 12.6. The number of phosphoric acid groups is 1. The molecule has 5 N–H and O–H groups in total. The first-order valence-electron chi connectivity index (χ1n) is 20.8. The number of carbonyl (C=O) groups is 3. The van der Waals surface area contributed by atoms with Crippen molar-refractivity contribution in [3.8, 4) is 0 Å². The second-order valence-corrected chi connectivity index (χ2v) is 15.4. The molecule has 1 unspecified atom stereocenters. The molecule has 0 saturated heterocycles. The van der Waals surface area contributed by atoms with Crippen LogP contribution in [0.25, 0.3) is 0 Å². The molecule has 0 aromatic carbocycles. The van der Waals surface area contributed by atoms with Crippen LogP contribution in [-0.2, 0) is 37.5 Å². The summed E-state index contributed by atoms with van der Waals surface area (Å²) in [6.45, 7) is 2.56. The fourth-order valence-electron chi connectivity index (χ4n) is 5.34. The molecule has 0 heterocycles. The van der Waals surface area contributed by atoms with E-state index in [9.17, 15) is 28.9 Å². The number of esters is 2. The van der Waals surface area contributed by atoms with Gasteiger partial charge in [-0.1, -0.05) is 152 Å². The number of carbonyl (C=O) groups excluding carboxylic acids is 2. The lowest BCUT2D eigenvalue weighted by Crippen LogP contribution is -2.34. The molecular weight excluding hydrogens is 725 g/mol. The number of hydrogen-bond acceptors (Lipinski definition) is 10. The van der Waals surface area contributed by atoms with E-state index < -0.39 is 63.8 Å². The maximum Gasteiger partial charge on any atom is 0.472 e. The van der Waals surface area contributed by atoms with Gasteiger partial charge in [-0.25, -0.2) is 4.57 Å². The number of phosphoric ester groups is 1. The molecule has 12 nitrogen and oxygen atoms in total. The molecule has 0 aliphatic carbocycles. The Morgan fingerprint density at radius 3 is 1.80 bits per heavy atom. The Morgan fingerprint density at radius 1 is 0.655 bits per heavy atom. The van der Waals surface area contributed by atoms with Gasteiger partial charge in [0.1, 0.15) is 12.6 Å². The minimum absolute atomic E-state index is 0.0667. The highest BCUT2D eigenvalue weighted by Crippen LogP contribution is 2.43. The van der Waals surface area contributed by atoms with Crippen LogP contribution in [0.2, 0.25) is 0 Å². The third-order valence-electron chi connectivity index (χ3n) is 8.68. The average molecular weight is 800 g/mol. The summed E-state index contributed by atoms with van der Waals surface area (Å²) in [4.78, 5) is 45.9. The van der Waals surface area contributed by atoms with Gasteiger partial charge in [0, 0.05) is 12.8 Å². The third-order valence-corrected chi connectivity index (χ3v) is 9.63. The van der Waals surface area contributed by atoms with Crippen LogP contribution in [0.5, 0.6) is 0 Å². The molecule has 0 amide bonds. The number of aliphatic carboxylic acids is 1. The number of allylic oxidation sites excluding steroid dienone is 7. The first kappa shape index (κ1) is 52.4. The average Bonchev–Trinajstić information content (AvgIpc) is 3.15. The van der Waals surface area contributed by atoms with Gasteiger partial charge >= 0.3 is 25.7 Å². The molecule has 0 aliphatic heterocycles. The summed E-state index contributed by atoms with van der Waals surface area (Å²) in [5, 5.41) is 19.1. The van der Waals surface area contributed by atoms with Crippen LogP contribution in [-0.4, -0.2) is 71.1 Å². The number of aliphatic hydroxyl groups is 1. The Kier molecular flexibility index (Phi) is 35.3. The Morgan fingerprint density at radius 2 is 1.18 bits per heavy atom. The third kappa shape index (κ3) is 36.8. The molecule has 0 aromatic rings. The van der Waals surface area contributed by atoms with Gasteiger partial charge in [-0.05, 0) is 44.9 Å². The Hall–Kier alpha value is -2.60. The van der Waals surface area contributed by atoms with Crippen LogP contribution in [0.15, 0.2) is 48.6 Å². The molecule has 55 heavy (non-hydrogen) atoms. The van der Waals surface area contributed by atoms with Crippen molar-refractivity contribution in [1.29, 1.82) is 0 Å². The fourth-order valence-corrected chi connectivity index (χ4v) is 6.12. The normalized spacial score (nSPS) is 14.9. The second kappa shape index (κ2) is 37.0. The van der Waals surface area contributed by atoms with E-state index in [1.54, 1.807) is 12.2 Å². The lowest BCUT2D eigenvalue weighted by molar-refractivity contribution is -0.161. The van der Waals surface area contributed by atoms with Crippen molar-refractivity contribution in [2.45, 2.75) is 180 Å². The summed E-state index contributed by atoms with van der Waals surface area (Å²) in [7, 11) is -4.77. The van der Waals surface area contributed by atoms with Crippen molar-refractivity contribution >= 4 is 25.7 Å². The minimum Gasteiger partial charge on any atom is -0.480 e. The fraction of sp³-hybridized carbons (Fsp3) is 0.738. The first-order valence-corrected chi connectivity index (χ1v) is 22.3. The Labute approximate surface area is 331 Å². The van der Waals surface area contributed by atoms with Gasteiger partial charge in [-0.3, -0.25) is 23.4 Å². The van der Waals surface area contributed by atoms with Gasteiger partial charge < -0.3 is 30.3 Å². The maximum atomic E-state index is 12.6. The SMILES string of the molecule is CCCCC/C=C\C/C=C\C/C=C\C=C\[C@H](O)CCCC(=O)O[C@H](COC(=O)CCCCCCCCCCCCCCC)COP(=O)(O)OC[C@H](N)C(=O)O. The first-order chi connectivity index (χ1) is 26.5. The minimum atomic E-state index is -4.77. The van der Waals surface area contributed by atoms with E-state index in [4.69, 9.17) is 24.8 Å². The van der Waals surface area contributed by atoms with E-state index in [0.717, 1.165) is 38.5 Å². The standard InChI is InChI=1S/C42H74NO11P/c1-3-5-7-9-11-13-15-17-19-21-23-25-27-30-37(44)31-29-33-41(46)54-38(35-52-55(49,50)53-36-39(43)42(47)48)34-51-40(45)32-28-26-24-22-20-18-16-14-12-10-8-6-4-2/h11,13,17,19,23,25,27,30,37-39,44H,3-10,12,14-16,18,20-22,24,26,28-29,31-36,43H2,1-2H3,(H,47,48)(H,49,50)/b13-11-,19-17-,25-23-,30-27+/t37-,38+,39-/m0/s1. The van der Waals surface area contributed by atoms with E-state index in [0.29, 0.717) is 19.3 Å². The highest BCUT2D eigenvalue weighted by molar-refractivity contribution is 7.47. The smallest absolute Gasteiger partial charge is 0.472 e. The van der Waals surface area contributed by atoms with Crippen molar-refractivity contribution in [2.75, 3.05) is 19.8 Å². The van der Waals surface area contributed by atoms with Gasteiger partial charge in [0.25, 0.3) is 0 Å². The molecular formula is C42H74NO11P. The largest absolute Gasteiger partial charge is 0.480 e. The molecule has 0 saturated carbocycles. The Bertz CT molecular complexity index is 1140. The molecule has 0 fully saturated rings. The zero-order valence-electron chi connectivity index (χ0n) is 33.9. The molecule has 0 aromatic heterocycles. The van der Waals surface area contributed by atoms with E-state index in [-0.39, 0.29) is 12.8 Å². The lowest BCUT2D eigenvalue weighted by atomic mass is 10.0. The van der Waals surface area contributed by atoms with Crippen molar-refractivity contribution < 1.29 is 52.6 Å². The van der Waals surface area contributed by atoms with E-state index in [1.807, 2.05) is 12.2 Å². The lowest BCUT2D eigenvalue weighted by Gasteiger charge is -2.20. The summed E-state index contributed by atoms with van der Waals surface area (Å²) in [5.41, 5.74) is 5.31. The van der Waals surface area contributed by atoms with Crippen LogP contribution >= 0.6 is 7.82 Å². The van der Waals surface area contributed by atoms with Crippen LogP contribution in [0.3, 0.4) is 0 Å². The molecule has 0 bridgehead atoms. The highest BCUT2D eigenvalue weighted by Gasteiger charge is 2.28. The number of ether oxygens (including phenoxy) is 2.